The van der Waals surface area contributed by atoms with Gasteiger partial charge in [0.2, 0.25) is 5.91 Å². The monoisotopic (exact) mass is 234 g/mol. The highest BCUT2D eigenvalue weighted by atomic mass is 16.3. The molecule has 1 aromatic carbocycles. The Hall–Kier alpha value is -1.55. The van der Waals surface area contributed by atoms with Crippen molar-refractivity contribution in [2.45, 2.75) is 19.8 Å². The molecule has 0 aromatic heterocycles. The number of phenols is 1. The summed E-state index contributed by atoms with van der Waals surface area (Å²) in [5.41, 5.74) is 1.46. The molecule has 0 unspecified atom stereocenters. The van der Waals surface area contributed by atoms with Gasteiger partial charge >= 0.3 is 0 Å². The molecule has 1 fully saturated rings. The van der Waals surface area contributed by atoms with Crippen molar-refractivity contribution >= 4 is 11.6 Å². The van der Waals surface area contributed by atoms with Gasteiger partial charge in [0.15, 0.2) is 0 Å². The third-order valence-corrected chi connectivity index (χ3v) is 3.14. The van der Waals surface area contributed by atoms with E-state index in [1.807, 2.05) is 13.0 Å². The van der Waals surface area contributed by atoms with Gasteiger partial charge in [-0.15, -0.1) is 0 Å². The van der Waals surface area contributed by atoms with Crippen molar-refractivity contribution in [3.8, 4) is 5.75 Å². The van der Waals surface area contributed by atoms with Crippen molar-refractivity contribution in [3.05, 3.63) is 23.8 Å². The number of hydrogen-bond acceptors (Lipinski definition) is 3. The Labute approximate surface area is 101 Å². The highest BCUT2D eigenvalue weighted by Crippen LogP contribution is 2.22. The van der Waals surface area contributed by atoms with Gasteiger partial charge < -0.3 is 15.7 Å². The van der Waals surface area contributed by atoms with E-state index in [-0.39, 0.29) is 17.6 Å². The number of aromatic hydroxyl groups is 1. The SMILES string of the molecule is Cc1ccc(NC(=O)[C@H]2CCCNC2)cc1O. The van der Waals surface area contributed by atoms with Gasteiger partial charge in [-0.05, 0) is 37.9 Å². The Morgan fingerprint density at radius 1 is 1.53 bits per heavy atom. The Balaban J connectivity index is 1.99. The van der Waals surface area contributed by atoms with Gasteiger partial charge in [-0.2, -0.15) is 0 Å². The van der Waals surface area contributed by atoms with E-state index in [1.54, 1.807) is 12.1 Å². The first-order valence-corrected chi connectivity index (χ1v) is 5.98. The van der Waals surface area contributed by atoms with Gasteiger partial charge in [0.25, 0.3) is 0 Å². The molecule has 3 N–H and O–H groups in total. The minimum atomic E-state index is 0.0282. The van der Waals surface area contributed by atoms with E-state index >= 15 is 0 Å². The Kier molecular flexibility index (Phi) is 3.64. The third-order valence-electron chi connectivity index (χ3n) is 3.14. The van der Waals surface area contributed by atoms with Gasteiger partial charge in [0.1, 0.15) is 5.75 Å². The van der Waals surface area contributed by atoms with Crippen LogP contribution in [0.2, 0.25) is 0 Å². The average Bonchev–Trinajstić information content (AvgIpc) is 2.35. The number of carbonyl (C=O) groups excluding carboxylic acids is 1. The second-order valence-corrected chi connectivity index (χ2v) is 4.53. The van der Waals surface area contributed by atoms with E-state index in [0.717, 1.165) is 31.5 Å². The molecule has 1 amide bonds. The minimum Gasteiger partial charge on any atom is -0.508 e. The number of carbonyl (C=O) groups is 1. The molecule has 4 nitrogen and oxygen atoms in total. The lowest BCUT2D eigenvalue weighted by Gasteiger charge is -2.21. The molecule has 0 spiro atoms. The number of anilines is 1. The van der Waals surface area contributed by atoms with E-state index in [2.05, 4.69) is 10.6 Å². The summed E-state index contributed by atoms with van der Waals surface area (Å²) in [7, 11) is 0. The van der Waals surface area contributed by atoms with Crippen molar-refractivity contribution in [2.75, 3.05) is 18.4 Å². The number of amides is 1. The number of aryl methyl sites for hydroxylation is 1. The standard InChI is InChI=1S/C13H18N2O2/c1-9-4-5-11(7-12(9)16)15-13(17)10-3-2-6-14-8-10/h4-5,7,10,14,16H,2-3,6,8H2,1H3,(H,15,17)/t10-/m0/s1. The molecule has 0 saturated carbocycles. The normalized spacial score (nSPS) is 19.9. The zero-order chi connectivity index (χ0) is 12.3. The van der Waals surface area contributed by atoms with Gasteiger partial charge in [0.05, 0.1) is 5.92 Å². The Bertz CT molecular complexity index is 412. The molecule has 1 heterocycles. The summed E-state index contributed by atoms with van der Waals surface area (Å²) in [4.78, 5) is 11.9. The van der Waals surface area contributed by atoms with Crippen LogP contribution in [-0.4, -0.2) is 24.1 Å². The predicted molar refractivity (Wildman–Crippen MR) is 67.1 cm³/mol. The molecule has 1 atom stereocenters. The van der Waals surface area contributed by atoms with Crippen LogP contribution in [-0.2, 0) is 4.79 Å². The molecule has 0 bridgehead atoms. The molecule has 4 heteroatoms. The quantitative estimate of drug-likeness (QED) is 0.729. The zero-order valence-electron chi connectivity index (χ0n) is 9.99. The zero-order valence-corrected chi connectivity index (χ0v) is 9.99. The second kappa shape index (κ2) is 5.19. The lowest BCUT2D eigenvalue weighted by atomic mass is 9.99. The maximum absolute atomic E-state index is 11.9. The lowest BCUT2D eigenvalue weighted by Crippen LogP contribution is -2.37. The molecular formula is C13H18N2O2. The molecule has 2 rings (SSSR count). The first kappa shape index (κ1) is 11.9. The minimum absolute atomic E-state index is 0.0282. The summed E-state index contributed by atoms with van der Waals surface area (Å²) in [6, 6.07) is 5.19. The molecule has 0 aliphatic carbocycles. The highest BCUT2D eigenvalue weighted by molar-refractivity contribution is 5.93. The average molecular weight is 234 g/mol. The van der Waals surface area contributed by atoms with Crippen LogP contribution in [0.25, 0.3) is 0 Å². The predicted octanol–water partition coefficient (Wildman–Crippen LogP) is 1.64. The van der Waals surface area contributed by atoms with Crippen molar-refractivity contribution in [3.63, 3.8) is 0 Å². The van der Waals surface area contributed by atoms with Crippen LogP contribution in [0.4, 0.5) is 5.69 Å². The van der Waals surface area contributed by atoms with Crippen LogP contribution in [0.1, 0.15) is 18.4 Å². The number of nitrogens with one attached hydrogen (secondary N) is 2. The molecule has 1 aromatic rings. The smallest absolute Gasteiger partial charge is 0.228 e. The maximum atomic E-state index is 11.9. The lowest BCUT2D eigenvalue weighted by molar-refractivity contribution is -0.120. The number of benzene rings is 1. The summed E-state index contributed by atoms with van der Waals surface area (Å²) in [5.74, 6) is 0.275. The van der Waals surface area contributed by atoms with Crippen LogP contribution in [0.5, 0.6) is 5.75 Å². The fourth-order valence-electron chi connectivity index (χ4n) is 2.01. The van der Waals surface area contributed by atoms with E-state index in [0.29, 0.717) is 5.69 Å². The first-order chi connectivity index (χ1) is 8.16. The summed E-state index contributed by atoms with van der Waals surface area (Å²) in [6.07, 6.45) is 1.97. The molecular weight excluding hydrogens is 216 g/mol. The van der Waals surface area contributed by atoms with Crippen LogP contribution >= 0.6 is 0 Å². The highest BCUT2D eigenvalue weighted by Gasteiger charge is 2.20. The number of phenolic OH excluding ortho intramolecular Hbond substituents is 1. The Morgan fingerprint density at radius 3 is 3.00 bits per heavy atom. The van der Waals surface area contributed by atoms with Crippen LogP contribution in [0.3, 0.4) is 0 Å². The van der Waals surface area contributed by atoms with Crippen molar-refractivity contribution in [1.82, 2.24) is 5.32 Å². The number of rotatable bonds is 2. The molecule has 92 valence electrons. The molecule has 1 aliphatic rings. The van der Waals surface area contributed by atoms with Gasteiger partial charge in [0, 0.05) is 18.3 Å². The topological polar surface area (TPSA) is 61.4 Å². The summed E-state index contributed by atoms with van der Waals surface area (Å²) < 4.78 is 0. The first-order valence-electron chi connectivity index (χ1n) is 5.98. The van der Waals surface area contributed by atoms with Crippen LogP contribution in [0.15, 0.2) is 18.2 Å². The van der Waals surface area contributed by atoms with E-state index in [9.17, 15) is 9.90 Å². The van der Waals surface area contributed by atoms with Crippen LogP contribution < -0.4 is 10.6 Å². The number of hydrogen-bond donors (Lipinski definition) is 3. The fourth-order valence-corrected chi connectivity index (χ4v) is 2.01. The summed E-state index contributed by atoms with van der Waals surface area (Å²) in [5, 5.41) is 15.6. The van der Waals surface area contributed by atoms with E-state index in [4.69, 9.17) is 0 Å². The summed E-state index contributed by atoms with van der Waals surface area (Å²) in [6.45, 7) is 3.56. The van der Waals surface area contributed by atoms with Crippen molar-refractivity contribution < 1.29 is 9.90 Å². The second-order valence-electron chi connectivity index (χ2n) is 4.53. The van der Waals surface area contributed by atoms with Crippen LogP contribution in [0, 0.1) is 12.8 Å². The molecule has 1 aliphatic heterocycles. The van der Waals surface area contributed by atoms with E-state index in [1.165, 1.54) is 0 Å². The van der Waals surface area contributed by atoms with Crippen molar-refractivity contribution in [1.29, 1.82) is 0 Å². The van der Waals surface area contributed by atoms with E-state index < -0.39 is 0 Å². The number of piperidine rings is 1. The van der Waals surface area contributed by atoms with Gasteiger partial charge in [-0.25, -0.2) is 0 Å². The fraction of sp³-hybridized carbons (Fsp3) is 0.462. The van der Waals surface area contributed by atoms with Gasteiger partial charge in [-0.1, -0.05) is 6.07 Å². The maximum Gasteiger partial charge on any atom is 0.228 e. The Morgan fingerprint density at radius 2 is 2.35 bits per heavy atom. The summed E-state index contributed by atoms with van der Waals surface area (Å²) >= 11 is 0. The third kappa shape index (κ3) is 2.97. The molecule has 0 radical (unpaired) electrons. The molecule has 1 saturated heterocycles. The molecule has 17 heavy (non-hydrogen) atoms. The van der Waals surface area contributed by atoms with Crippen molar-refractivity contribution in [2.24, 2.45) is 5.92 Å². The van der Waals surface area contributed by atoms with Gasteiger partial charge in [-0.3, -0.25) is 4.79 Å². The largest absolute Gasteiger partial charge is 0.508 e.